The van der Waals surface area contributed by atoms with E-state index in [0.29, 0.717) is 0 Å². The van der Waals surface area contributed by atoms with E-state index in [1.165, 1.54) is 196 Å². The van der Waals surface area contributed by atoms with Crippen LogP contribution in [0.3, 0.4) is 0 Å². The zero-order valence-corrected chi connectivity index (χ0v) is 55.0. The van der Waals surface area contributed by atoms with Crippen molar-refractivity contribution in [2.45, 2.75) is 0 Å². The predicted molar refractivity (Wildman–Crippen MR) is 434 cm³/mol. The van der Waals surface area contributed by atoms with Crippen LogP contribution in [0.2, 0.25) is 0 Å². The third-order valence-electron chi connectivity index (χ3n) is 20.8. The Bertz CT molecular complexity index is 6510. The molecule has 0 radical (unpaired) electrons. The maximum absolute atomic E-state index is 2.35. The van der Waals surface area contributed by atoms with Gasteiger partial charge in [0.25, 0.3) is 0 Å². The highest BCUT2D eigenvalue weighted by molar-refractivity contribution is 6.20. The van der Waals surface area contributed by atoms with Crippen molar-refractivity contribution < 1.29 is 0 Å². The molecule has 0 saturated carbocycles. The van der Waals surface area contributed by atoms with Crippen LogP contribution in [0.4, 0.5) is 0 Å². The number of fused-ring (bicyclic) bond motifs is 13. The maximum Gasteiger partial charge on any atom is -0.00206 e. The zero-order chi connectivity index (χ0) is 66.0. The Morgan fingerprint density at radius 3 is 0.730 bits per heavy atom. The number of benzene rings is 21. The molecular formula is C100H64. The number of hydrogen-bond donors (Lipinski definition) is 0. The first-order valence-corrected chi connectivity index (χ1v) is 34.7. The van der Waals surface area contributed by atoms with Gasteiger partial charge in [0.05, 0.1) is 0 Å². The van der Waals surface area contributed by atoms with Crippen molar-refractivity contribution in [2.75, 3.05) is 0 Å². The molecule has 0 aliphatic carbocycles. The van der Waals surface area contributed by atoms with Crippen LogP contribution in [0.25, 0.3) is 196 Å². The minimum absolute atomic E-state index is 1.26. The summed E-state index contributed by atoms with van der Waals surface area (Å²) in [5.74, 6) is 0. The van der Waals surface area contributed by atoms with Crippen LogP contribution in [-0.2, 0) is 0 Å². The summed E-state index contributed by atoms with van der Waals surface area (Å²) in [6.45, 7) is 0. The third-order valence-corrected chi connectivity index (χ3v) is 20.8. The second-order valence-corrected chi connectivity index (χ2v) is 26.6. The van der Waals surface area contributed by atoms with Crippen molar-refractivity contribution in [1.82, 2.24) is 0 Å². The Kier molecular flexibility index (Phi) is 14.3. The lowest BCUT2D eigenvalue weighted by Gasteiger charge is -2.17. The molecule has 21 aromatic rings. The molecule has 0 N–H and O–H groups in total. The molecule has 0 aliphatic rings. The third kappa shape index (κ3) is 10.4. The molecule has 0 heteroatoms. The molecule has 0 bridgehead atoms. The minimum Gasteiger partial charge on any atom is -0.0616 e. The summed E-state index contributed by atoms with van der Waals surface area (Å²) in [6, 6.07) is 142. The van der Waals surface area contributed by atoms with E-state index in [0.717, 1.165) is 0 Å². The van der Waals surface area contributed by atoms with E-state index < -0.39 is 0 Å². The average molecular weight is 1270 g/mol. The normalized spacial score (nSPS) is 11.6. The van der Waals surface area contributed by atoms with Crippen LogP contribution >= 0.6 is 0 Å². The molecule has 464 valence electrons. The molecule has 0 heterocycles. The van der Waals surface area contributed by atoms with Gasteiger partial charge in [-0.05, 0) is 262 Å². The molecule has 0 aromatic heterocycles. The van der Waals surface area contributed by atoms with E-state index in [1.807, 2.05) is 0 Å². The fourth-order valence-electron chi connectivity index (χ4n) is 15.9. The molecule has 21 rings (SSSR count). The Morgan fingerprint density at radius 2 is 0.330 bits per heavy atom. The molecule has 0 spiro atoms. The van der Waals surface area contributed by atoms with Gasteiger partial charge in [-0.3, -0.25) is 0 Å². The van der Waals surface area contributed by atoms with Crippen molar-refractivity contribution in [1.29, 1.82) is 0 Å². The van der Waals surface area contributed by atoms with Gasteiger partial charge in [-0.25, -0.2) is 0 Å². The van der Waals surface area contributed by atoms with E-state index in [9.17, 15) is 0 Å². The largest absolute Gasteiger partial charge is 0.0616 e. The highest BCUT2D eigenvalue weighted by Crippen LogP contribution is 2.45. The first-order chi connectivity index (χ1) is 49.5. The summed E-state index contributed by atoms with van der Waals surface area (Å²) < 4.78 is 0. The lowest BCUT2D eigenvalue weighted by molar-refractivity contribution is 1.67. The first-order valence-electron chi connectivity index (χ1n) is 34.7. The van der Waals surface area contributed by atoms with E-state index in [-0.39, 0.29) is 0 Å². The summed E-state index contributed by atoms with van der Waals surface area (Å²) in [7, 11) is 0. The second-order valence-electron chi connectivity index (χ2n) is 26.6. The van der Waals surface area contributed by atoms with E-state index in [4.69, 9.17) is 0 Å². The van der Waals surface area contributed by atoms with E-state index in [2.05, 4.69) is 388 Å². The molecular weight excluding hydrogens is 1200 g/mol. The summed E-state index contributed by atoms with van der Waals surface area (Å²) in [4.78, 5) is 0. The zero-order valence-electron chi connectivity index (χ0n) is 55.0. The van der Waals surface area contributed by atoms with Gasteiger partial charge >= 0.3 is 0 Å². The Morgan fingerprint density at radius 1 is 0.100 bits per heavy atom. The Hall–Kier alpha value is -13.0. The van der Waals surface area contributed by atoms with Crippen LogP contribution in [0.15, 0.2) is 388 Å². The lowest BCUT2D eigenvalue weighted by atomic mass is 9.86. The Balaban J connectivity index is 0.000000106. The van der Waals surface area contributed by atoms with Crippen LogP contribution in [-0.4, -0.2) is 0 Å². The van der Waals surface area contributed by atoms with Gasteiger partial charge in [-0.15, -0.1) is 0 Å². The molecule has 0 aliphatic heterocycles. The van der Waals surface area contributed by atoms with Crippen molar-refractivity contribution in [2.24, 2.45) is 0 Å². The van der Waals surface area contributed by atoms with Crippen molar-refractivity contribution >= 4 is 140 Å². The topological polar surface area (TPSA) is 0 Å². The van der Waals surface area contributed by atoms with Gasteiger partial charge < -0.3 is 0 Å². The molecule has 0 nitrogen and oxygen atoms in total. The fourth-order valence-corrected chi connectivity index (χ4v) is 15.9. The van der Waals surface area contributed by atoms with Gasteiger partial charge in [-0.2, -0.15) is 0 Å². The smallest absolute Gasteiger partial charge is 0.00206 e. The highest BCUT2D eigenvalue weighted by Gasteiger charge is 2.18. The van der Waals surface area contributed by atoms with E-state index >= 15 is 0 Å². The predicted octanol–water partition coefficient (Wildman–Crippen LogP) is 28.4. The highest BCUT2D eigenvalue weighted by atomic mass is 14.2. The maximum atomic E-state index is 2.35. The standard InChI is InChI=1S/C38H24.C34H22.C28H18/c1-3-11-27-23-37-29(21-25(27)9-1)13-7-17-33(37)35-19-20-36(32-16-6-5-15-31(32)35)34-18-8-14-30-22-26-10-2-4-12-28(26)24-38(30)34;1-4-14-26-23(10-1)13-9-19-29(26)32-20-21-33(31-18-8-7-17-30(31)32)34-27-15-5-2-11-24(27)22-25-12-3-6-16-28(25)34;1-3-7-21-15-27-17-23(9-11-25(27)13-19(21)5-1)24-10-12-26-14-20-6-2-4-8-22(20)16-28(26)18-24/h1-24H;1-22H;1-18H. The van der Waals surface area contributed by atoms with Gasteiger partial charge in [0.2, 0.25) is 0 Å². The number of hydrogen-bond acceptors (Lipinski definition) is 0. The summed E-state index contributed by atoms with van der Waals surface area (Å²) >= 11 is 0. The van der Waals surface area contributed by atoms with Crippen LogP contribution < -0.4 is 0 Å². The van der Waals surface area contributed by atoms with Gasteiger partial charge in [-0.1, -0.05) is 322 Å². The van der Waals surface area contributed by atoms with Crippen molar-refractivity contribution in [3.63, 3.8) is 0 Å². The quantitative estimate of drug-likeness (QED) is 0.151. The van der Waals surface area contributed by atoms with E-state index in [1.54, 1.807) is 0 Å². The molecule has 0 fully saturated rings. The molecule has 0 atom stereocenters. The van der Waals surface area contributed by atoms with Gasteiger partial charge in [0.15, 0.2) is 0 Å². The first kappa shape index (κ1) is 58.4. The van der Waals surface area contributed by atoms with Crippen LogP contribution in [0, 0.1) is 0 Å². The molecule has 0 amide bonds. The molecule has 100 heavy (non-hydrogen) atoms. The average Bonchev–Trinajstić information content (AvgIpc) is 0.746. The fraction of sp³-hybridized carbons (Fsp3) is 0. The summed E-state index contributed by atoms with van der Waals surface area (Å²) in [5.41, 5.74) is 12.8. The monoisotopic (exact) mass is 1260 g/mol. The number of rotatable bonds is 5. The van der Waals surface area contributed by atoms with Gasteiger partial charge in [0, 0.05) is 0 Å². The molecule has 0 saturated heterocycles. The second kappa shape index (κ2) is 24.6. The molecule has 0 unspecified atom stereocenters. The summed E-state index contributed by atoms with van der Waals surface area (Å²) in [6.07, 6.45) is 0. The Labute approximate surface area is 580 Å². The minimum atomic E-state index is 1.26. The van der Waals surface area contributed by atoms with Crippen LogP contribution in [0.5, 0.6) is 0 Å². The van der Waals surface area contributed by atoms with Gasteiger partial charge in [0.1, 0.15) is 0 Å². The lowest BCUT2D eigenvalue weighted by Crippen LogP contribution is -1.90. The van der Waals surface area contributed by atoms with Crippen molar-refractivity contribution in [3.05, 3.63) is 388 Å². The van der Waals surface area contributed by atoms with Crippen LogP contribution in [0.1, 0.15) is 0 Å². The SMILES string of the molecule is c1ccc2c(-c3ccc(-c4c5ccccc5cc5ccccc45)c4ccccc34)cccc2c1.c1ccc2cc3c(-c4ccc(-c5cccc6cc7ccccc7cc56)c5ccccc45)cccc3cc2c1.c1ccc2cc3cc(-c4ccc5cc6ccccc6cc5c4)ccc3cc2c1. The molecule has 21 aromatic carbocycles. The summed E-state index contributed by atoms with van der Waals surface area (Å²) in [5, 5.41) is 33.4. The van der Waals surface area contributed by atoms with Crippen molar-refractivity contribution in [3.8, 4) is 55.6 Å².